The van der Waals surface area contributed by atoms with E-state index in [-0.39, 0.29) is 5.88 Å². The summed E-state index contributed by atoms with van der Waals surface area (Å²) < 4.78 is 8.68. The first kappa shape index (κ1) is 9.28. The number of hydrogen-bond donors (Lipinski definition) is 1. The van der Waals surface area contributed by atoms with Crippen LogP contribution in [0.1, 0.15) is 0 Å². The van der Waals surface area contributed by atoms with Crippen LogP contribution in [0.5, 0.6) is 5.88 Å². The van der Waals surface area contributed by atoms with Crippen LogP contribution in [0, 0.1) is 0 Å². The van der Waals surface area contributed by atoms with E-state index in [0.29, 0.717) is 6.61 Å². The molecule has 0 fully saturated rings. The number of aromatic nitrogens is 1. The fourth-order valence-corrected chi connectivity index (χ4v) is 1.40. The number of ether oxygens (including phenoxy) is 1. The highest BCUT2D eigenvalue weighted by Gasteiger charge is 2.04. The predicted octanol–water partition coefficient (Wildman–Crippen LogP) is 0.931. The smallest absolute Gasteiger partial charge is 0.224 e. The van der Waals surface area contributed by atoms with Crippen LogP contribution in [0.15, 0.2) is 6.07 Å². The highest BCUT2D eigenvalue weighted by molar-refractivity contribution is 7.10. The molecule has 1 N–H and O–H groups in total. The van der Waals surface area contributed by atoms with Gasteiger partial charge >= 0.3 is 0 Å². The summed E-state index contributed by atoms with van der Waals surface area (Å²) in [6.07, 6.45) is 0. The van der Waals surface area contributed by atoms with Crippen molar-refractivity contribution in [2.24, 2.45) is 0 Å². The normalized spacial score (nSPS) is 10.2. The molecule has 1 rings (SSSR count). The number of hydrogen-bond acceptors (Lipinski definition) is 5. The Morgan fingerprint density at radius 3 is 3.00 bits per heavy atom. The van der Waals surface area contributed by atoms with E-state index < -0.39 is 0 Å². The molecule has 1 aromatic heterocycles. The van der Waals surface area contributed by atoms with Gasteiger partial charge in [-0.1, -0.05) is 0 Å². The van der Waals surface area contributed by atoms with E-state index in [4.69, 9.17) is 9.84 Å². The number of rotatable bonds is 4. The number of likely N-dealkylation sites (N-methyl/N-ethyl adjacent to an activating group) is 1. The van der Waals surface area contributed by atoms with Crippen molar-refractivity contribution in [3.63, 3.8) is 0 Å². The first-order valence-corrected chi connectivity index (χ1v) is 4.37. The number of anilines is 1. The van der Waals surface area contributed by atoms with Gasteiger partial charge in [0, 0.05) is 26.8 Å². The summed E-state index contributed by atoms with van der Waals surface area (Å²) in [7, 11) is 3.60. The van der Waals surface area contributed by atoms with E-state index in [0.717, 1.165) is 11.5 Å². The van der Waals surface area contributed by atoms with Gasteiger partial charge in [-0.3, -0.25) is 0 Å². The number of methoxy groups -OCH3 is 1. The van der Waals surface area contributed by atoms with Gasteiger partial charge < -0.3 is 14.7 Å². The predicted molar refractivity (Wildman–Crippen MR) is 48.9 cm³/mol. The Hall–Kier alpha value is -0.810. The SMILES string of the molecule is COCCN(C)c1cc(O)ns1. The largest absolute Gasteiger partial charge is 0.493 e. The molecule has 0 aliphatic heterocycles. The second kappa shape index (κ2) is 4.27. The van der Waals surface area contributed by atoms with E-state index in [2.05, 4.69) is 4.37 Å². The van der Waals surface area contributed by atoms with Gasteiger partial charge in [-0.15, -0.1) is 0 Å². The van der Waals surface area contributed by atoms with Crippen molar-refractivity contribution in [3.05, 3.63) is 6.07 Å². The molecule has 0 aliphatic carbocycles. The third kappa shape index (κ3) is 2.35. The van der Waals surface area contributed by atoms with Gasteiger partial charge in [-0.05, 0) is 11.5 Å². The van der Waals surface area contributed by atoms with Gasteiger partial charge in [0.25, 0.3) is 0 Å². The summed E-state index contributed by atoms with van der Waals surface area (Å²) in [5.41, 5.74) is 0. The third-order valence-corrected chi connectivity index (χ3v) is 2.39. The summed E-state index contributed by atoms with van der Waals surface area (Å²) in [6.45, 7) is 1.48. The molecule has 1 aromatic rings. The zero-order valence-corrected chi connectivity index (χ0v) is 7.97. The van der Waals surface area contributed by atoms with Crippen molar-refractivity contribution >= 4 is 16.5 Å². The Labute approximate surface area is 75.6 Å². The molecular formula is C7H12N2O2S. The fourth-order valence-electron chi connectivity index (χ4n) is 0.775. The fraction of sp³-hybridized carbons (Fsp3) is 0.571. The quantitative estimate of drug-likeness (QED) is 0.763. The molecular weight excluding hydrogens is 176 g/mol. The van der Waals surface area contributed by atoms with Crippen LogP contribution in [0.4, 0.5) is 5.00 Å². The Bertz CT molecular complexity index is 239. The number of aromatic hydroxyl groups is 1. The van der Waals surface area contributed by atoms with E-state index in [1.54, 1.807) is 13.2 Å². The maximum atomic E-state index is 8.97. The average molecular weight is 188 g/mol. The summed E-state index contributed by atoms with van der Waals surface area (Å²) in [5.74, 6) is 0.0827. The highest BCUT2D eigenvalue weighted by atomic mass is 32.1. The molecule has 0 unspecified atom stereocenters. The molecule has 68 valence electrons. The molecule has 0 spiro atoms. The summed E-state index contributed by atoms with van der Waals surface area (Å²) >= 11 is 1.28. The van der Waals surface area contributed by atoms with Crippen LogP contribution in [0.3, 0.4) is 0 Å². The van der Waals surface area contributed by atoms with Crippen LogP contribution < -0.4 is 4.90 Å². The van der Waals surface area contributed by atoms with E-state index in [1.807, 2.05) is 11.9 Å². The molecule has 0 radical (unpaired) electrons. The average Bonchev–Trinajstić information content (AvgIpc) is 2.47. The molecule has 4 nitrogen and oxygen atoms in total. The molecule has 0 aromatic carbocycles. The van der Waals surface area contributed by atoms with Crippen molar-refractivity contribution in [1.29, 1.82) is 0 Å². The molecule has 0 saturated heterocycles. The topological polar surface area (TPSA) is 45.6 Å². The Morgan fingerprint density at radius 1 is 1.75 bits per heavy atom. The van der Waals surface area contributed by atoms with Gasteiger partial charge in [-0.2, -0.15) is 4.37 Å². The summed E-state index contributed by atoms with van der Waals surface area (Å²) in [6, 6.07) is 1.64. The molecule has 0 amide bonds. The second-order valence-electron chi connectivity index (χ2n) is 2.44. The Balaban J connectivity index is 2.47. The lowest BCUT2D eigenvalue weighted by molar-refractivity contribution is 0.206. The van der Waals surface area contributed by atoms with Gasteiger partial charge in [0.2, 0.25) is 5.88 Å². The van der Waals surface area contributed by atoms with Crippen molar-refractivity contribution in [1.82, 2.24) is 4.37 Å². The van der Waals surface area contributed by atoms with Gasteiger partial charge in [-0.25, -0.2) is 0 Å². The zero-order chi connectivity index (χ0) is 8.97. The Morgan fingerprint density at radius 2 is 2.50 bits per heavy atom. The molecule has 1 heterocycles. The summed E-state index contributed by atoms with van der Waals surface area (Å²) in [4.78, 5) is 1.99. The zero-order valence-electron chi connectivity index (χ0n) is 7.15. The lowest BCUT2D eigenvalue weighted by Gasteiger charge is -2.14. The first-order valence-electron chi connectivity index (χ1n) is 3.60. The van der Waals surface area contributed by atoms with E-state index in [9.17, 15) is 0 Å². The molecule has 12 heavy (non-hydrogen) atoms. The first-order chi connectivity index (χ1) is 5.74. The standard InChI is InChI=1S/C7H12N2O2S/c1-9(3-4-11-2)7-5-6(10)8-12-7/h5H,3-4H2,1-2H3,(H,8,10). The van der Waals surface area contributed by atoms with Crippen LogP contribution in [0.2, 0.25) is 0 Å². The summed E-state index contributed by atoms with van der Waals surface area (Å²) in [5, 5.41) is 9.92. The van der Waals surface area contributed by atoms with Gasteiger partial charge in [0.05, 0.1) is 6.61 Å². The Kier molecular flexibility index (Phi) is 3.31. The lowest BCUT2D eigenvalue weighted by atomic mass is 10.5. The van der Waals surface area contributed by atoms with Crippen molar-refractivity contribution < 1.29 is 9.84 Å². The molecule has 0 aliphatic rings. The number of nitrogens with zero attached hydrogens (tertiary/aromatic N) is 2. The van der Waals surface area contributed by atoms with E-state index in [1.165, 1.54) is 11.5 Å². The second-order valence-corrected chi connectivity index (χ2v) is 3.22. The maximum Gasteiger partial charge on any atom is 0.224 e. The maximum absolute atomic E-state index is 8.97. The van der Waals surface area contributed by atoms with Crippen LogP contribution in [-0.2, 0) is 4.74 Å². The third-order valence-electron chi connectivity index (χ3n) is 1.49. The van der Waals surface area contributed by atoms with Crippen LogP contribution in [0.25, 0.3) is 0 Å². The monoisotopic (exact) mass is 188 g/mol. The van der Waals surface area contributed by atoms with Crippen molar-refractivity contribution in [2.45, 2.75) is 0 Å². The molecule has 0 saturated carbocycles. The minimum absolute atomic E-state index is 0.0827. The lowest BCUT2D eigenvalue weighted by Crippen LogP contribution is -2.20. The van der Waals surface area contributed by atoms with Gasteiger partial charge in [0.15, 0.2) is 0 Å². The minimum Gasteiger partial charge on any atom is -0.493 e. The van der Waals surface area contributed by atoms with Crippen molar-refractivity contribution in [2.75, 3.05) is 32.2 Å². The van der Waals surface area contributed by atoms with E-state index >= 15 is 0 Å². The van der Waals surface area contributed by atoms with Crippen LogP contribution in [-0.4, -0.2) is 36.8 Å². The highest BCUT2D eigenvalue weighted by Crippen LogP contribution is 2.23. The molecule has 0 atom stereocenters. The van der Waals surface area contributed by atoms with Crippen LogP contribution >= 0.6 is 11.5 Å². The molecule has 5 heteroatoms. The van der Waals surface area contributed by atoms with Gasteiger partial charge in [0.1, 0.15) is 5.00 Å². The minimum atomic E-state index is 0.0827. The van der Waals surface area contributed by atoms with Crippen molar-refractivity contribution in [3.8, 4) is 5.88 Å². The molecule has 0 bridgehead atoms.